The molecule has 0 atom stereocenters. The van der Waals surface area contributed by atoms with Crippen molar-refractivity contribution in [2.75, 3.05) is 17.3 Å². The number of urea groups is 1. The average molecular weight is 368 g/mol. The third-order valence-corrected chi connectivity index (χ3v) is 4.67. The van der Waals surface area contributed by atoms with Gasteiger partial charge in [-0.05, 0) is 41.8 Å². The molecule has 3 amide bonds. The Labute approximate surface area is 153 Å². The lowest BCUT2D eigenvalue weighted by Gasteiger charge is -2.15. The smallest absolute Gasteiger partial charge is 0.318 e. The van der Waals surface area contributed by atoms with Gasteiger partial charge in [0.25, 0.3) is 11.5 Å². The average Bonchev–Trinajstić information content (AvgIpc) is 3.15. The fourth-order valence-electron chi connectivity index (χ4n) is 2.35. The van der Waals surface area contributed by atoms with E-state index in [2.05, 4.69) is 10.3 Å². The van der Waals surface area contributed by atoms with Gasteiger partial charge in [-0.2, -0.15) is 0 Å². The Morgan fingerprint density at radius 2 is 1.96 bits per heavy atom. The van der Waals surface area contributed by atoms with Crippen LogP contribution in [0.15, 0.2) is 58.7 Å². The second kappa shape index (κ2) is 7.24. The van der Waals surface area contributed by atoms with E-state index in [0.717, 1.165) is 4.88 Å². The predicted molar refractivity (Wildman–Crippen MR) is 103 cm³/mol. The Hall–Kier alpha value is -3.39. The van der Waals surface area contributed by atoms with Gasteiger partial charge in [0, 0.05) is 18.4 Å². The highest BCUT2D eigenvalue weighted by atomic mass is 32.1. The van der Waals surface area contributed by atoms with Crippen LogP contribution in [0.1, 0.15) is 10.4 Å². The number of aromatic amines is 1. The van der Waals surface area contributed by atoms with Crippen LogP contribution in [0.5, 0.6) is 0 Å². The number of pyridine rings is 1. The molecule has 0 saturated heterocycles. The molecule has 26 heavy (non-hydrogen) atoms. The molecule has 0 bridgehead atoms. The van der Waals surface area contributed by atoms with Crippen molar-refractivity contribution in [1.29, 1.82) is 0 Å². The SMILES string of the molecule is CN(C(N)=O)c1cccc(NC(=O)c2ccc(-c3cccs3)[nH]c2=O)c1. The molecule has 0 fully saturated rings. The number of benzene rings is 1. The molecule has 0 unspecified atom stereocenters. The summed E-state index contributed by atoms with van der Waals surface area (Å²) in [6, 6.07) is 12.9. The van der Waals surface area contributed by atoms with Crippen molar-refractivity contribution in [2.24, 2.45) is 5.73 Å². The number of primary amides is 1. The summed E-state index contributed by atoms with van der Waals surface area (Å²) in [4.78, 5) is 40.8. The van der Waals surface area contributed by atoms with Gasteiger partial charge in [0.15, 0.2) is 0 Å². The van der Waals surface area contributed by atoms with Gasteiger partial charge in [-0.1, -0.05) is 12.1 Å². The number of aromatic nitrogens is 1. The molecule has 0 spiro atoms. The lowest BCUT2D eigenvalue weighted by Crippen LogP contribution is -2.31. The number of rotatable bonds is 4. The predicted octanol–water partition coefficient (Wildman–Crippen LogP) is 2.87. The number of amides is 3. The third-order valence-electron chi connectivity index (χ3n) is 3.76. The lowest BCUT2D eigenvalue weighted by molar-refractivity contribution is 0.102. The number of hydrogen-bond donors (Lipinski definition) is 3. The zero-order valence-corrected chi connectivity index (χ0v) is 14.7. The van der Waals surface area contributed by atoms with E-state index in [9.17, 15) is 14.4 Å². The number of anilines is 2. The fourth-order valence-corrected chi connectivity index (χ4v) is 3.05. The number of carbonyl (C=O) groups is 2. The van der Waals surface area contributed by atoms with E-state index in [1.54, 1.807) is 30.3 Å². The maximum Gasteiger partial charge on any atom is 0.318 e. The molecule has 3 rings (SSSR count). The van der Waals surface area contributed by atoms with Crippen molar-refractivity contribution in [3.05, 3.63) is 69.8 Å². The van der Waals surface area contributed by atoms with Crippen LogP contribution >= 0.6 is 11.3 Å². The van der Waals surface area contributed by atoms with E-state index < -0.39 is 17.5 Å². The van der Waals surface area contributed by atoms with Gasteiger partial charge in [0.2, 0.25) is 0 Å². The van der Waals surface area contributed by atoms with Gasteiger partial charge in [-0.3, -0.25) is 14.5 Å². The highest BCUT2D eigenvalue weighted by Crippen LogP contribution is 2.22. The summed E-state index contributed by atoms with van der Waals surface area (Å²) >= 11 is 1.50. The first kappa shape index (κ1) is 17.4. The van der Waals surface area contributed by atoms with Crippen molar-refractivity contribution in [3.63, 3.8) is 0 Å². The number of nitrogens with two attached hydrogens (primary N) is 1. The summed E-state index contributed by atoms with van der Waals surface area (Å²) in [7, 11) is 1.53. The second-order valence-corrected chi connectivity index (χ2v) is 6.44. The number of nitrogens with one attached hydrogen (secondary N) is 2. The summed E-state index contributed by atoms with van der Waals surface area (Å²) in [6.07, 6.45) is 0. The molecule has 8 heteroatoms. The van der Waals surface area contributed by atoms with E-state index in [-0.39, 0.29) is 5.56 Å². The van der Waals surface area contributed by atoms with Gasteiger partial charge in [-0.25, -0.2) is 4.79 Å². The molecule has 0 aliphatic carbocycles. The summed E-state index contributed by atoms with van der Waals surface area (Å²) < 4.78 is 0. The first-order valence-corrected chi connectivity index (χ1v) is 8.55. The second-order valence-electron chi connectivity index (χ2n) is 5.49. The fraction of sp³-hybridized carbons (Fsp3) is 0.0556. The van der Waals surface area contributed by atoms with E-state index in [1.165, 1.54) is 29.4 Å². The Balaban J connectivity index is 1.81. The number of nitrogens with zero attached hydrogens (tertiary/aromatic N) is 1. The maximum atomic E-state index is 12.4. The first-order chi connectivity index (χ1) is 12.5. The van der Waals surface area contributed by atoms with Crippen LogP contribution in [0, 0.1) is 0 Å². The molecular weight excluding hydrogens is 352 g/mol. The molecule has 2 aromatic heterocycles. The molecule has 0 aliphatic heterocycles. The zero-order valence-electron chi connectivity index (χ0n) is 13.9. The molecule has 2 heterocycles. The van der Waals surface area contributed by atoms with Crippen molar-refractivity contribution in [2.45, 2.75) is 0 Å². The first-order valence-electron chi connectivity index (χ1n) is 7.67. The quantitative estimate of drug-likeness (QED) is 0.659. The molecule has 0 saturated carbocycles. The molecular formula is C18H16N4O3S. The minimum atomic E-state index is -0.617. The topological polar surface area (TPSA) is 108 Å². The van der Waals surface area contributed by atoms with Gasteiger partial charge >= 0.3 is 6.03 Å². The number of carbonyl (C=O) groups excluding carboxylic acids is 2. The van der Waals surface area contributed by atoms with Crippen molar-refractivity contribution in [1.82, 2.24) is 4.98 Å². The highest BCUT2D eigenvalue weighted by Gasteiger charge is 2.13. The Morgan fingerprint density at radius 1 is 1.15 bits per heavy atom. The summed E-state index contributed by atoms with van der Waals surface area (Å²) in [5, 5.41) is 4.56. The van der Waals surface area contributed by atoms with Crippen LogP contribution in [-0.4, -0.2) is 24.0 Å². The minimum absolute atomic E-state index is 0.000958. The Kier molecular flexibility index (Phi) is 4.85. The molecule has 3 aromatic rings. The van der Waals surface area contributed by atoms with Gasteiger partial charge in [0.1, 0.15) is 5.56 Å². The Morgan fingerprint density at radius 3 is 2.62 bits per heavy atom. The molecule has 1 aromatic carbocycles. The molecule has 132 valence electrons. The minimum Gasteiger partial charge on any atom is -0.351 e. The van der Waals surface area contributed by atoms with Gasteiger partial charge < -0.3 is 16.0 Å². The van der Waals surface area contributed by atoms with Gasteiger partial charge in [-0.15, -0.1) is 11.3 Å². The van der Waals surface area contributed by atoms with Crippen molar-refractivity contribution in [3.8, 4) is 10.6 Å². The number of H-pyrrole nitrogens is 1. The number of hydrogen-bond acceptors (Lipinski definition) is 4. The van der Waals surface area contributed by atoms with E-state index >= 15 is 0 Å². The van der Waals surface area contributed by atoms with Crippen LogP contribution in [0.25, 0.3) is 10.6 Å². The van der Waals surface area contributed by atoms with Crippen LogP contribution < -0.4 is 21.5 Å². The summed E-state index contributed by atoms with van der Waals surface area (Å²) in [5.41, 5.74) is 6.40. The van der Waals surface area contributed by atoms with E-state index in [4.69, 9.17) is 5.73 Å². The van der Waals surface area contributed by atoms with Gasteiger partial charge in [0.05, 0.1) is 10.6 Å². The molecule has 0 radical (unpaired) electrons. The molecule has 4 N–H and O–H groups in total. The summed E-state index contributed by atoms with van der Waals surface area (Å²) in [6.45, 7) is 0. The standard InChI is InChI=1S/C18H16N4O3S/c1-22(18(19)25)12-5-2-4-11(10-12)20-16(23)13-7-8-14(21-17(13)24)15-6-3-9-26-15/h2-10H,1H3,(H2,19,25)(H,20,23)(H,21,24). The number of thiophene rings is 1. The normalized spacial score (nSPS) is 10.3. The monoisotopic (exact) mass is 368 g/mol. The highest BCUT2D eigenvalue weighted by molar-refractivity contribution is 7.13. The zero-order chi connectivity index (χ0) is 18.7. The Bertz CT molecular complexity index is 1010. The lowest BCUT2D eigenvalue weighted by atomic mass is 10.2. The van der Waals surface area contributed by atoms with E-state index in [0.29, 0.717) is 17.1 Å². The largest absolute Gasteiger partial charge is 0.351 e. The van der Waals surface area contributed by atoms with Crippen LogP contribution in [0.2, 0.25) is 0 Å². The van der Waals surface area contributed by atoms with Crippen LogP contribution in [-0.2, 0) is 0 Å². The van der Waals surface area contributed by atoms with E-state index in [1.807, 2.05) is 17.5 Å². The maximum absolute atomic E-state index is 12.4. The van der Waals surface area contributed by atoms with Crippen LogP contribution in [0.4, 0.5) is 16.2 Å². The molecule has 0 aliphatic rings. The van der Waals surface area contributed by atoms with Crippen molar-refractivity contribution >= 4 is 34.6 Å². The van der Waals surface area contributed by atoms with Crippen molar-refractivity contribution < 1.29 is 9.59 Å². The third kappa shape index (κ3) is 3.65. The molecule has 7 nitrogen and oxygen atoms in total. The van der Waals surface area contributed by atoms with Crippen LogP contribution in [0.3, 0.4) is 0 Å². The summed E-state index contributed by atoms with van der Waals surface area (Å²) in [5.74, 6) is -0.539.